The summed E-state index contributed by atoms with van der Waals surface area (Å²) >= 11 is 0. The Morgan fingerprint density at radius 2 is 2.35 bits per heavy atom. The SMILES string of the molecule is Cl.Cn1cnc(S(=O)(=O)N[C@H]2CCCNC2)c1. The largest absolute Gasteiger partial charge is 0.339 e. The third-order valence-electron chi connectivity index (χ3n) is 2.58. The van der Waals surface area contributed by atoms with Crippen molar-refractivity contribution in [3.63, 3.8) is 0 Å². The Bertz CT molecular complexity index is 453. The second-order valence-corrected chi connectivity index (χ2v) is 5.70. The number of rotatable bonds is 3. The third kappa shape index (κ3) is 3.67. The minimum Gasteiger partial charge on any atom is -0.339 e. The van der Waals surface area contributed by atoms with E-state index in [1.807, 2.05) is 0 Å². The second kappa shape index (κ2) is 5.81. The molecule has 0 spiro atoms. The lowest BCUT2D eigenvalue weighted by molar-refractivity contribution is 0.428. The monoisotopic (exact) mass is 280 g/mol. The van der Waals surface area contributed by atoms with E-state index in [1.54, 1.807) is 11.6 Å². The Morgan fingerprint density at radius 3 is 2.88 bits per heavy atom. The molecule has 0 radical (unpaired) electrons. The van der Waals surface area contributed by atoms with E-state index < -0.39 is 10.0 Å². The fraction of sp³-hybridized carbons (Fsp3) is 0.667. The smallest absolute Gasteiger partial charge is 0.259 e. The molecule has 0 saturated carbocycles. The summed E-state index contributed by atoms with van der Waals surface area (Å²) in [6.45, 7) is 1.65. The van der Waals surface area contributed by atoms with Crippen LogP contribution < -0.4 is 10.0 Å². The molecule has 0 aromatic carbocycles. The maximum absolute atomic E-state index is 11.9. The van der Waals surface area contributed by atoms with Crippen LogP contribution in [-0.4, -0.2) is 37.1 Å². The number of aromatic nitrogens is 2. The first-order valence-corrected chi connectivity index (χ1v) is 6.77. The maximum Gasteiger partial charge on any atom is 0.259 e. The van der Waals surface area contributed by atoms with Crippen LogP contribution >= 0.6 is 12.4 Å². The molecule has 98 valence electrons. The van der Waals surface area contributed by atoms with Crippen LogP contribution in [0.1, 0.15) is 12.8 Å². The van der Waals surface area contributed by atoms with E-state index in [4.69, 9.17) is 0 Å². The highest BCUT2D eigenvalue weighted by molar-refractivity contribution is 7.89. The molecule has 2 heterocycles. The zero-order valence-electron chi connectivity index (χ0n) is 9.59. The molecule has 1 aliphatic heterocycles. The standard InChI is InChI=1S/C9H16N4O2S.ClH/c1-13-6-9(11-7-13)16(14,15)12-8-3-2-4-10-5-8;/h6-8,10,12H,2-5H2,1H3;1H/t8-;/m0./s1. The van der Waals surface area contributed by atoms with Gasteiger partial charge in [-0.15, -0.1) is 12.4 Å². The minimum absolute atomic E-state index is 0. The number of hydrogen-bond acceptors (Lipinski definition) is 4. The summed E-state index contributed by atoms with van der Waals surface area (Å²) in [4.78, 5) is 3.85. The van der Waals surface area contributed by atoms with Crippen molar-refractivity contribution in [2.75, 3.05) is 13.1 Å². The Hall–Kier alpha value is -0.630. The quantitative estimate of drug-likeness (QED) is 0.809. The van der Waals surface area contributed by atoms with Gasteiger partial charge in [-0.2, -0.15) is 0 Å². The predicted octanol–water partition coefficient (Wildman–Crippen LogP) is -0.128. The average molecular weight is 281 g/mol. The zero-order chi connectivity index (χ0) is 11.6. The highest BCUT2D eigenvalue weighted by atomic mass is 35.5. The van der Waals surface area contributed by atoms with Crippen molar-refractivity contribution in [1.29, 1.82) is 0 Å². The molecule has 8 heteroatoms. The van der Waals surface area contributed by atoms with Crippen molar-refractivity contribution < 1.29 is 8.42 Å². The fourth-order valence-electron chi connectivity index (χ4n) is 1.76. The number of imidazole rings is 1. The van der Waals surface area contributed by atoms with E-state index in [9.17, 15) is 8.42 Å². The first-order valence-electron chi connectivity index (χ1n) is 5.29. The van der Waals surface area contributed by atoms with Crippen LogP contribution in [0.25, 0.3) is 0 Å². The van der Waals surface area contributed by atoms with Gasteiger partial charge in [-0.3, -0.25) is 0 Å². The molecule has 1 aliphatic rings. The van der Waals surface area contributed by atoms with Gasteiger partial charge in [-0.05, 0) is 19.4 Å². The molecule has 6 nitrogen and oxygen atoms in total. The number of halogens is 1. The van der Waals surface area contributed by atoms with Crippen LogP contribution in [0.3, 0.4) is 0 Å². The molecule has 0 bridgehead atoms. The van der Waals surface area contributed by atoms with Gasteiger partial charge < -0.3 is 9.88 Å². The summed E-state index contributed by atoms with van der Waals surface area (Å²) in [5.74, 6) is 0. The number of sulfonamides is 1. The summed E-state index contributed by atoms with van der Waals surface area (Å²) in [7, 11) is -1.72. The van der Waals surface area contributed by atoms with Crippen LogP contribution in [0.4, 0.5) is 0 Å². The molecule has 2 rings (SSSR count). The van der Waals surface area contributed by atoms with Gasteiger partial charge in [0.05, 0.1) is 6.33 Å². The van der Waals surface area contributed by atoms with Crippen LogP contribution in [0.5, 0.6) is 0 Å². The lowest BCUT2D eigenvalue weighted by Gasteiger charge is -2.22. The molecule has 1 atom stereocenters. The lowest BCUT2D eigenvalue weighted by atomic mass is 10.1. The van der Waals surface area contributed by atoms with Crippen LogP contribution in [0, 0.1) is 0 Å². The summed E-state index contributed by atoms with van der Waals surface area (Å²) < 4.78 is 28.1. The summed E-state index contributed by atoms with van der Waals surface area (Å²) in [5, 5.41) is 3.25. The highest BCUT2D eigenvalue weighted by Gasteiger charge is 2.23. The molecular weight excluding hydrogens is 264 g/mol. The maximum atomic E-state index is 11.9. The lowest BCUT2D eigenvalue weighted by Crippen LogP contribution is -2.45. The van der Waals surface area contributed by atoms with Gasteiger partial charge in [-0.1, -0.05) is 0 Å². The molecular formula is C9H17ClN4O2S. The van der Waals surface area contributed by atoms with Crippen molar-refractivity contribution in [3.05, 3.63) is 12.5 Å². The van der Waals surface area contributed by atoms with Crippen molar-refractivity contribution in [1.82, 2.24) is 19.6 Å². The number of aryl methyl sites for hydroxylation is 1. The van der Waals surface area contributed by atoms with E-state index in [2.05, 4.69) is 15.0 Å². The van der Waals surface area contributed by atoms with Gasteiger partial charge in [0, 0.05) is 25.8 Å². The van der Waals surface area contributed by atoms with Gasteiger partial charge in [0.2, 0.25) is 0 Å². The third-order valence-corrected chi connectivity index (χ3v) is 3.98. The van der Waals surface area contributed by atoms with E-state index in [-0.39, 0.29) is 23.5 Å². The van der Waals surface area contributed by atoms with E-state index >= 15 is 0 Å². The van der Waals surface area contributed by atoms with Crippen LogP contribution in [-0.2, 0) is 17.1 Å². The fourth-order valence-corrected chi connectivity index (χ4v) is 3.01. The zero-order valence-corrected chi connectivity index (χ0v) is 11.2. The molecule has 1 aromatic rings. The van der Waals surface area contributed by atoms with E-state index in [0.29, 0.717) is 6.54 Å². The predicted molar refractivity (Wildman–Crippen MR) is 66.7 cm³/mol. The Kier molecular flexibility index (Phi) is 4.93. The molecule has 1 aromatic heterocycles. The molecule has 17 heavy (non-hydrogen) atoms. The molecule has 0 unspecified atom stereocenters. The van der Waals surface area contributed by atoms with E-state index in [1.165, 1.54) is 12.5 Å². The number of nitrogens with zero attached hydrogens (tertiary/aromatic N) is 2. The average Bonchev–Trinajstić information content (AvgIpc) is 2.66. The summed E-state index contributed by atoms with van der Waals surface area (Å²) in [5.41, 5.74) is 0. The van der Waals surface area contributed by atoms with Crippen LogP contribution in [0.2, 0.25) is 0 Å². The van der Waals surface area contributed by atoms with Gasteiger partial charge in [0.1, 0.15) is 0 Å². The minimum atomic E-state index is -3.46. The highest BCUT2D eigenvalue weighted by Crippen LogP contribution is 2.08. The van der Waals surface area contributed by atoms with E-state index in [0.717, 1.165) is 19.4 Å². The van der Waals surface area contributed by atoms with Crippen molar-refractivity contribution in [3.8, 4) is 0 Å². The van der Waals surface area contributed by atoms with Gasteiger partial charge >= 0.3 is 0 Å². The molecule has 1 fully saturated rings. The first-order chi connectivity index (χ1) is 7.58. The van der Waals surface area contributed by atoms with Gasteiger partial charge in [0.15, 0.2) is 5.03 Å². The Balaban J connectivity index is 0.00000144. The van der Waals surface area contributed by atoms with Crippen molar-refractivity contribution in [2.45, 2.75) is 23.9 Å². The van der Waals surface area contributed by atoms with Crippen molar-refractivity contribution in [2.24, 2.45) is 7.05 Å². The van der Waals surface area contributed by atoms with Crippen LogP contribution in [0.15, 0.2) is 17.6 Å². The van der Waals surface area contributed by atoms with Crippen molar-refractivity contribution >= 4 is 22.4 Å². The molecule has 1 saturated heterocycles. The Labute approximate surface area is 107 Å². The topological polar surface area (TPSA) is 76.0 Å². The number of nitrogens with one attached hydrogen (secondary N) is 2. The Morgan fingerprint density at radius 1 is 1.59 bits per heavy atom. The number of hydrogen-bond donors (Lipinski definition) is 2. The normalized spacial score (nSPS) is 20.9. The molecule has 0 amide bonds. The number of piperidine rings is 1. The second-order valence-electron chi connectivity index (χ2n) is 4.04. The van der Waals surface area contributed by atoms with Gasteiger partial charge in [0.25, 0.3) is 10.0 Å². The van der Waals surface area contributed by atoms with Gasteiger partial charge in [-0.25, -0.2) is 18.1 Å². The molecule has 0 aliphatic carbocycles. The summed E-state index contributed by atoms with van der Waals surface area (Å²) in [6.07, 6.45) is 4.85. The summed E-state index contributed by atoms with van der Waals surface area (Å²) in [6, 6.07) is -0.0271. The first kappa shape index (κ1) is 14.4. The molecule has 2 N–H and O–H groups in total.